The molecular weight excluding hydrogens is 382 g/mol. The Balaban J connectivity index is 2.40. The van der Waals surface area contributed by atoms with Gasteiger partial charge in [-0.1, -0.05) is 0 Å². The second kappa shape index (κ2) is 7.76. The van der Waals surface area contributed by atoms with Crippen molar-refractivity contribution in [2.75, 3.05) is 17.4 Å². The van der Waals surface area contributed by atoms with Crippen molar-refractivity contribution in [2.24, 2.45) is 0 Å². The number of benzene rings is 1. The zero-order chi connectivity index (χ0) is 19.5. The lowest BCUT2D eigenvalue weighted by Gasteiger charge is -2.21. The van der Waals surface area contributed by atoms with E-state index in [0.717, 1.165) is 31.3 Å². The molecule has 0 saturated heterocycles. The number of rotatable bonds is 5. The van der Waals surface area contributed by atoms with Crippen LogP contribution in [0.3, 0.4) is 0 Å². The maximum Gasteiger partial charge on any atom is 0.417 e. The van der Waals surface area contributed by atoms with Gasteiger partial charge in [-0.25, -0.2) is 18.6 Å². The van der Waals surface area contributed by atoms with Crippen LogP contribution in [0.2, 0.25) is 0 Å². The average molecular weight is 392 g/mol. The molecular formula is C14H10F4N3O4S-. The van der Waals surface area contributed by atoms with Gasteiger partial charge in [-0.3, -0.25) is 4.79 Å². The molecule has 140 valence electrons. The van der Waals surface area contributed by atoms with Crippen LogP contribution in [-0.2, 0) is 21.8 Å². The molecule has 0 bridgehead atoms. The number of hydrogen-bond acceptors (Lipinski definition) is 6. The molecule has 1 aromatic heterocycles. The fourth-order valence-electron chi connectivity index (χ4n) is 1.88. The third-order valence-corrected chi connectivity index (χ3v) is 3.36. The Labute approximate surface area is 147 Å². The molecule has 0 fully saturated rings. The summed E-state index contributed by atoms with van der Waals surface area (Å²) in [5.74, 6) is -1.85. The van der Waals surface area contributed by atoms with Crippen LogP contribution in [0, 0.1) is 5.82 Å². The van der Waals surface area contributed by atoms with Crippen LogP contribution < -0.4 is 10.4 Å². The molecule has 0 aliphatic heterocycles. The normalized spacial score (nSPS) is 12.5. The van der Waals surface area contributed by atoms with E-state index in [0.29, 0.717) is 17.3 Å². The molecule has 0 aliphatic carbocycles. The van der Waals surface area contributed by atoms with Gasteiger partial charge in [0, 0.05) is 18.8 Å². The van der Waals surface area contributed by atoms with Crippen LogP contribution in [0.25, 0.3) is 0 Å². The molecule has 1 aromatic carbocycles. The summed E-state index contributed by atoms with van der Waals surface area (Å²) in [5, 5.41) is 2.73. The maximum atomic E-state index is 12.9. The second-order valence-corrected chi connectivity index (χ2v) is 5.39. The van der Waals surface area contributed by atoms with Crippen molar-refractivity contribution in [3.05, 3.63) is 53.5 Å². The van der Waals surface area contributed by atoms with Crippen molar-refractivity contribution in [1.29, 1.82) is 0 Å². The predicted octanol–water partition coefficient (Wildman–Crippen LogP) is 2.65. The van der Waals surface area contributed by atoms with Gasteiger partial charge in [0.1, 0.15) is 17.2 Å². The minimum absolute atomic E-state index is 0.0364. The van der Waals surface area contributed by atoms with Gasteiger partial charge in [0.15, 0.2) is 5.82 Å². The summed E-state index contributed by atoms with van der Waals surface area (Å²) in [6.07, 6.45) is -4.29. The summed E-state index contributed by atoms with van der Waals surface area (Å²) in [6, 6.07) is 4.81. The first-order valence-corrected chi connectivity index (χ1v) is 7.73. The Bertz CT molecular complexity index is 830. The van der Waals surface area contributed by atoms with Gasteiger partial charge in [0.05, 0.1) is 11.3 Å². The van der Waals surface area contributed by atoms with Crippen molar-refractivity contribution in [3.63, 3.8) is 0 Å². The maximum absolute atomic E-state index is 12.9. The Morgan fingerprint density at radius 3 is 2.46 bits per heavy atom. The fraction of sp³-hybridized carbons (Fsp3) is 0.143. The number of carbonyl (C=O) groups is 1. The lowest BCUT2D eigenvalue weighted by atomic mass is 10.2. The van der Waals surface area contributed by atoms with Gasteiger partial charge in [-0.05, 0) is 30.3 Å². The number of carbonyl (C=O) groups excluding carboxylic acids is 1. The SMILES string of the molecule is CN(OS(=O)[O-])c1ncc(C(F)(F)F)cc1NC(=O)c1ccc(F)cc1. The lowest BCUT2D eigenvalue weighted by Crippen LogP contribution is -2.23. The topological polar surface area (TPSA) is 94.6 Å². The summed E-state index contributed by atoms with van der Waals surface area (Å²) in [4.78, 5) is 15.7. The second-order valence-electron chi connectivity index (χ2n) is 4.83. The summed E-state index contributed by atoms with van der Waals surface area (Å²) < 4.78 is 77.1. The van der Waals surface area contributed by atoms with Gasteiger partial charge in [0.2, 0.25) is 0 Å². The number of nitrogens with one attached hydrogen (secondary N) is 1. The fourth-order valence-corrected chi connectivity index (χ4v) is 2.13. The van der Waals surface area contributed by atoms with Crippen molar-refractivity contribution >= 4 is 28.8 Å². The van der Waals surface area contributed by atoms with Gasteiger partial charge in [-0.15, -0.1) is 0 Å². The molecule has 0 radical (unpaired) electrons. The average Bonchev–Trinajstić information content (AvgIpc) is 2.53. The highest BCUT2D eigenvalue weighted by atomic mass is 32.2. The molecule has 1 amide bonds. The summed E-state index contributed by atoms with van der Waals surface area (Å²) >= 11 is -3.02. The molecule has 1 unspecified atom stereocenters. The molecule has 2 rings (SSSR count). The first-order valence-electron chi connectivity index (χ1n) is 6.73. The van der Waals surface area contributed by atoms with Crippen molar-refractivity contribution < 1.29 is 35.4 Å². The van der Waals surface area contributed by atoms with Gasteiger partial charge in [0.25, 0.3) is 5.91 Å². The van der Waals surface area contributed by atoms with E-state index >= 15 is 0 Å². The molecule has 7 nitrogen and oxygen atoms in total. The number of nitrogens with zero attached hydrogens (tertiary/aromatic N) is 2. The Morgan fingerprint density at radius 2 is 1.92 bits per heavy atom. The Kier molecular flexibility index (Phi) is 5.90. The van der Waals surface area contributed by atoms with Crippen molar-refractivity contribution in [3.8, 4) is 0 Å². The van der Waals surface area contributed by atoms with Crippen LogP contribution in [0.1, 0.15) is 15.9 Å². The zero-order valence-corrected chi connectivity index (χ0v) is 13.7. The van der Waals surface area contributed by atoms with Crippen LogP contribution in [0.15, 0.2) is 36.5 Å². The molecule has 12 heteroatoms. The third kappa shape index (κ3) is 4.97. The summed E-state index contributed by atoms with van der Waals surface area (Å²) in [5.41, 5.74) is -1.67. The van der Waals surface area contributed by atoms with E-state index in [9.17, 15) is 31.1 Å². The summed E-state index contributed by atoms with van der Waals surface area (Å²) in [6.45, 7) is 0. The standard InChI is InChI=1S/C14H11F4N3O4S/c1-21(25-26(23)24)12-11(6-9(7-19-12)14(16,17)18)20-13(22)8-2-4-10(15)5-3-8/h2-7H,1H3,(H,20,22)(H,23,24)/p-1. The van der Waals surface area contributed by atoms with E-state index < -0.39 is 46.3 Å². The predicted molar refractivity (Wildman–Crippen MR) is 82.0 cm³/mol. The molecule has 1 N–H and O–H groups in total. The number of halogens is 4. The molecule has 1 heterocycles. The quantitative estimate of drug-likeness (QED) is 0.478. The van der Waals surface area contributed by atoms with E-state index in [2.05, 4.69) is 14.6 Å². The number of amides is 1. The van der Waals surface area contributed by atoms with Crippen LogP contribution in [0.4, 0.5) is 29.1 Å². The highest BCUT2D eigenvalue weighted by Gasteiger charge is 2.32. The first-order chi connectivity index (χ1) is 12.1. The van der Waals surface area contributed by atoms with E-state index in [1.54, 1.807) is 0 Å². The molecule has 0 spiro atoms. The van der Waals surface area contributed by atoms with Crippen LogP contribution in [-0.4, -0.2) is 26.7 Å². The number of pyridine rings is 1. The Hall–Kier alpha value is -2.57. The van der Waals surface area contributed by atoms with E-state index in [1.807, 2.05) is 0 Å². The minimum Gasteiger partial charge on any atom is -0.748 e. The third-order valence-electron chi connectivity index (χ3n) is 3.02. The largest absolute Gasteiger partial charge is 0.748 e. The number of hydrogen-bond donors (Lipinski definition) is 1. The van der Waals surface area contributed by atoms with Crippen molar-refractivity contribution in [2.45, 2.75) is 6.18 Å². The Morgan fingerprint density at radius 1 is 1.31 bits per heavy atom. The number of alkyl halides is 3. The number of aromatic nitrogens is 1. The van der Waals surface area contributed by atoms with Gasteiger partial charge < -0.3 is 9.87 Å². The van der Waals surface area contributed by atoms with Crippen molar-refractivity contribution in [1.82, 2.24) is 4.98 Å². The molecule has 2 aromatic rings. The van der Waals surface area contributed by atoms with Gasteiger partial charge >= 0.3 is 6.18 Å². The first kappa shape index (κ1) is 19.8. The molecule has 0 saturated carbocycles. The van der Waals surface area contributed by atoms with E-state index in [-0.39, 0.29) is 5.56 Å². The van der Waals surface area contributed by atoms with E-state index in [4.69, 9.17) is 0 Å². The van der Waals surface area contributed by atoms with E-state index in [1.165, 1.54) is 0 Å². The lowest BCUT2D eigenvalue weighted by molar-refractivity contribution is -0.137. The number of anilines is 2. The number of hydroxylamine groups is 1. The van der Waals surface area contributed by atoms with Crippen LogP contribution in [0.5, 0.6) is 0 Å². The zero-order valence-electron chi connectivity index (χ0n) is 12.9. The molecule has 0 aliphatic rings. The highest BCUT2D eigenvalue weighted by Crippen LogP contribution is 2.33. The molecule has 1 atom stereocenters. The highest BCUT2D eigenvalue weighted by molar-refractivity contribution is 7.74. The smallest absolute Gasteiger partial charge is 0.417 e. The van der Waals surface area contributed by atoms with Gasteiger partial charge in [-0.2, -0.15) is 17.5 Å². The van der Waals surface area contributed by atoms with Crippen LogP contribution >= 0.6 is 0 Å². The monoisotopic (exact) mass is 392 g/mol. The molecule has 26 heavy (non-hydrogen) atoms. The summed E-state index contributed by atoms with van der Waals surface area (Å²) in [7, 11) is 1.07. The minimum atomic E-state index is -4.75.